The predicted octanol–water partition coefficient (Wildman–Crippen LogP) is 3.80. The molecule has 2 aliphatic rings. The Morgan fingerprint density at radius 1 is 1.35 bits per heavy atom. The summed E-state index contributed by atoms with van der Waals surface area (Å²) >= 11 is 8.01. The summed E-state index contributed by atoms with van der Waals surface area (Å²) in [7, 11) is 0. The summed E-state index contributed by atoms with van der Waals surface area (Å²) in [5.41, 5.74) is 3.61. The first-order valence-electron chi connectivity index (χ1n) is 10.6. The van der Waals surface area contributed by atoms with E-state index in [0.29, 0.717) is 31.0 Å². The number of piperazine rings is 1. The first-order chi connectivity index (χ1) is 15.0. The third kappa shape index (κ3) is 3.80. The third-order valence-corrected chi connectivity index (χ3v) is 7.41. The highest BCUT2D eigenvalue weighted by Crippen LogP contribution is 2.45. The van der Waals surface area contributed by atoms with Crippen molar-refractivity contribution in [3.05, 3.63) is 45.9 Å². The number of aliphatic hydroxyl groups is 1. The molecule has 8 heteroatoms. The zero-order valence-electron chi connectivity index (χ0n) is 17.2. The van der Waals surface area contributed by atoms with Crippen LogP contribution in [0.3, 0.4) is 0 Å². The molecule has 2 atom stereocenters. The molecule has 1 fully saturated rings. The number of nitrogens with one attached hydrogen (secondary N) is 1. The van der Waals surface area contributed by atoms with Gasteiger partial charge in [0.25, 0.3) is 5.91 Å². The molecule has 162 valence electrons. The lowest BCUT2D eigenvalue weighted by Gasteiger charge is -2.29. The number of carbonyl (C=O) groups excluding carboxylic acids is 1. The van der Waals surface area contributed by atoms with E-state index in [1.54, 1.807) is 6.20 Å². The molecular weight excluding hydrogens is 434 g/mol. The Labute approximate surface area is 189 Å². The van der Waals surface area contributed by atoms with E-state index in [1.807, 2.05) is 36.1 Å². The normalized spacial score (nSPS) is 19.3. The minimum absolute atomic E-state index is 0.0316. The molecule has 1 aromatic carbocycles. The molecule has 0 aliphatic carbocycles. The zero-order chi connectivity index (χ0) is 21.5. The number of hydrogen-bond acceptors (Lipinski definition) is 6. The number of benzene rings is 1. The van der Waals surface area contributed by atoms with Crippen LogP contribution in [0.5, 0.6) is 5.75 Å². The van der Waals surface area contributed by atoms with Gasteiger partial charge in [-0.1, -0.05) is 18.5 Å². The fraction of sp³-hybridized carbons (Fsp3) is 0.391. The van der Waals surface area contributed by atoms with Gasteiger partial charge in [0, 0.05) is 65.4 Å². The fourth-order valence-corrected chi connectivity index (χ4v) is 5.74. The van der Waals surface area contributed by atoms with Gasteiger partial charge in [-0.05, 0) is 30.7 Å². The highest BCUT2D eigenvalue weighted by Gasteiger charge is 2.35. The Bertz CT molecular complexity index is 1140. The summed E-state index contributed by atoms with van der Waals surface area (Å²) in [5.74, 6) is 0.750. The van der Waals surface area contributed by atoms with E-state index < -0.39 is 12.2 Å². The van der Waals surface area contributed by atoms with Crippen LogP contribution in [-0.4, -0.2) is 53.2 Å². The lowest BCUT2D eigenvalue weighted by atomic mass is 10.0. The fourth-order valence-electron chi connectivity index (χ4n) is 4.29. The molecule has 5 rings (SSSR count). The predicted molar refractivity (Wildman–Crippen MR) is 123 cm³/mol. The van der Waals surface area contributed by atoms with Crippen LogP contribution in [-0.2, 0) is 11.2 Å². The number of halogens is 1. The molecule has 0 saturated carbocycles. The third-order valence-electron chi connectivity index (χ3n) is 5.94. The lowest BCUT2D eigenvalue weighted by Crippen LogP contribution is -2.50. The standard InChI is InChI=1S/C23H24ClN3O3S/c1-2-18(28)20-12-17-22(31-20)15(3-4-26-17)16-11-14(24)9-13-10-19(30-21(13)16)23(29)27-7-5-25-6-8-27/h3-4,9,11-12,18-19,25,28H,2,5-8,10H2,1H3/t18?,19-/m1/s1. The molecule has 31 heavy (non-hydrogen) atoms. The van der Waals surface area contributed by atoms with Gasteiger partial charge in [-0.2, -0.15) is 0 Å². The molecule has 3 aromatic rings. The van der Waals surface area contributed by atoms with Crippen molar-refractivity contribution in [1.82, 2.24) is 15.2 Å². The van der Waals surface area contributed by atoms with Gasteiger partial charge in [-0.3, -0.25) is 9.78 Å². The molecule has 1 amide bonds. The number of ether oxygens (including phenoxy) is 1. The summed E-state index contributed by atoms with van der Waals surface area (Å²) in [4.78, 5) is 20.3. The van der Waals surface area contributed by atoms with Crippen LogP contribution in [0, 0.1) is 0 Å². The Balaban J connectivity index is 1.53. The van der Waals surface area contributed by atoms with Crippen LogP contribution in [0.1, 0.15) is 29.9 Å². The molecule has 0 spiro atoms. The van der Waals surface area contributed by atoms with E-state index in [1.165, 1.54) is 11.3 Å². The Morgan fingerprint density at radius 3 is 2.94 bits per heavy atom. The smallest absolute Gasteiger partial charge is 0.264 e. The van der Waals surface area contributed by atoms with Gasteiger partial charge in [-0.25, -0.2) is 0 Å². The van der Waals surface area contributed by atoms with Crippen molar-refractivity contribution in [2.24, 2.45) is 0 Å². The largest absolute Gasteiger partial charge is 0.479 e. The summed E-state index contributed by atoms with van der Waals surface area (Å²) in [6.07, 6.45) is 1.90. The van der Waals surface area contributed by atoms with Gasteiger partial charge in [0.15, 0.2) is 6.10 Å². The number of hydrogen-bond donors (Lipinski definition) is 2. The van der Waals surface area contributed by atoms with E-state index >= 15 is 0 Å². The molecule has 6 nitrogen and oxygen atoms in total. The van der Waals surface area contributed by atoms with Crippen molar-refractivity contribution >= 4 is 39.1 Å². The van der Waals surface area contributed by atoms with Gasteiger partial charge < -0.3 is 20.1 Å². The Hall–Kier alpha value is -2.19. The van der Waals surface area contributed by atoms with Gasteiger partial charge in [0.05, 0.1) is 16.3 Å². The monoisotopic (exact) mass is 457 g/mol. The maximum atomic E-state index is 13.0. The molecule has 4 heterocycles. The molecule has 2 N–H and O–H groups in total. The molecular formula is C23H24ClN3O3S. The average molecular weight is 458 g/mol. The Kier molecular flexibility index (Phi) is 5.60. The van der Waals surface area contributed by atoms with Gasteiger partial charge >= 0.3 is 0 Å². The summed E-state index contributed by atoms with van der Waals surface area (Å²) < 4.78 is 7.23. The first-order valence-corrected chi connectivity index (χ1v) is 11.8. The number of thiophene rings is 1. The first kappa shape index (κ1) is 20.7. The molecule has 0 radical (unpaired) electrons. The molecule has 0 bridgehead atoms. The van der Waals surface area contributed by atoms with E-state index in [4.69, 9.17) is 16.3 Å². The minimum Gasteiger partial charge on any atom is -0.479 e. The van der Waals surface area contributed by atoms with E-state index in [2.05, 4.69) is 10.3 Å². The van der Waals surface area contributed by atoms with Crippen molar-refractivity contribution in [2.75, 3.05) is 26.2 Å². The summed E-state index contributed by atoms with van der Waals surface area (Å²) in [5, 5.41) is 14.2. The van der Waals surface area contributed by atoms with Gasteiger partial charge in [-0.15, -0.1) is 11.3 Å². The summed E-state index contributed by atoms with van der Waals surface area (Å²) in [6, 6.07) is 7.68. The van der Waals surface area contributed by atoms with Crippen molar-refractivity contribution in [3.8, 4) is 16.9 Å². The minimum atomic E-state index is -0.525. The van der Waals surface area contributed by atoms with Crippen molar-refractivity contribution in [3.63, 3.8) is 0 Å². The molecule has 2 aliphatic heterocycles. The topological polar surface area (TPSA) is 74.7 Å². The SMILES string of the molecule is CCC(O)c1cc2nccc(-c3cc(Cl)cc4c3O[C@@H](C(=O)N3CCNCC3)C4)c2s1. The van der Waals surface area contributed by atoms with Gasteiger partial charge in [0.1, 0.15) is 5.75 Å². The number of amides is 1. The number of aromatic nitrogens is 1. The highest BCUT2D eigenvalue weighted by atomic mass is 35.5. The number of pyridine rings is 1. The number of rotatable bonds is 4. The molecule has 2 aromatic heterocycles. The summed E-state index contributed by atoms with van der Waals surface area (Å²) in [6.45, 7) is 4.97. The average Bonchev–Trinajstić information content (AvgIpc) is 3.42. The highest BCUT2D eigenvalue weighted by molar-refractivity contribution is 7.19. The second-order valence-corrected chi connectivity index (χ2v) is 9.49. The zero-order valence-corrected chi connectivity index (χ0v) is 18.8. The van der Waals surface area contributed by atoms with E-state index in [-0.39, 0.29) is 5.91 Å². The maximum Gasteiger partial charge on any atom is 0.264 e. The molecule has 1 saturated heterocycles. The lowest BCUT2D eigenvalue weighted by molar-refractivity contribution is -0.138. The number of carbonyl (C=O) groups is 1. The van der Waals surface area contributed by atoms with Crippen LogP contribution in [0.25, 0.3) is 21.3 Å². The van der Waals surface area contributed by atoms with Crippen LogP contribution in [0.15, 0.2) is 30.5 Å². The van der Waals surface area contributed by atoms with Gasteiger partial charge in [0.2, 0.25) is 0 Å². The van der Waals surface area contributed by atoms with Crippen LogP contribution < -0.4 is 10.1 Å². The second-order valence-electron chi connectivity index (χ2n) is 7.97. The molecule has 1 unspecified atom stereocenters. The second kappa shape index (κ2) is 8.39. The van der Waals surface area contributed by atoms with Crippen molar-refractivity contribution in [2.45, 2.75) is 32.0 Å². The number of nitrogens with zero attached hydrogens (tertiary/aromatic N) is 2. The van der Waals surface area contributed by atoms with Crippen LogP contribution in [0.4, 0.5) is 0 Å². The number of fused-ring (bicyclic) bond motifs is 2. The maximum absolute atomic E-state index is 13.0. The quantitative estimate of drug-likeness (QED) is 0.623. The Morgan fingerprint density at radius 2 is 2.16 bits per heavy atom. The van der Waals surface area contributed by atoms with Crippen LogP contribution in [0.2, 0.25) is 5.02 Å². The van der Waals surface area contributed by atoms with E-state index in [0.717, 1.165) is 50.6 Å². The van der Waals surface area contributed by atoms with E-state index in [9.17, 15) is 9.90 Å². The van der Waals surface area contributed by atoms with Crippen molar-refractivity contribution < 1.29 is 14.6 Å². The van der Waals surface area contributed by atoms with Crippen LogP contribution >= 0.6 is 22.9 Å². The van der Waals surface area contributed by atoms with Crippen molar-refractivity contribution in [1.29, 1.82) is 0 Å². The number of aliphatic hydroxyl groups excluding tert-OH is 1.